The molecular formula is C19H18N2O6S. The Hall–Kier alpha value is -3.33. The summed E-state index contributed by atoms with van der Waals surface area (Å²) in [6, 6.07) is 5.28. The molecule has 0 saturated carbocycles. The first kappa shape index (κ1) is 19.4. The number of anilines is 1. The summed E-state index contributed by atoms with van der Waals surface area (Å²) in [7, 11) is 0. The van der Waals surface area contributed by atoms with Crippen LogP contribution in [-0.2, 0) is 9.53 Å². The van der Waals surface area contributed by atoms with Crippen LogP contribution in [0.25, 0.3) is 6.08 Å². The van der Waals surface area contributed by atoms with E-state index in [4.69, 9.17) is 19.9 Å². The molecular weight excluding hydrogens is 384 g/mol. The second-order valence-corrected chi connectivity index (χ2v) is 6.80. The van der Waals surface area contributed by atoms with Crippen LogP contribution in [0.3, 0.4) is 0 Å². The normalized spacial score (nSPS) is 12.2. The van der Waals surface area contributed by atoms with Gasteiger partial charge >= 0.3 is 5.97 Å². The minimum atomic E-state index is -0.676. The van der Waals surface area contributed by atoms with Crippen molar-refractivity contribution in [2.45, 2.75) is 13.8 Å². The van der Waals surface area contributed by atoms with Crippen molar-refractivity contribution >= 4 is 40.2 Å². The molecule has 1 aromatic heterocycles. The Labute approximate surface area is 164 Å². The molecule has 0 fully saturated rings. The zero-order chi connectivity index (χ0) is 20.3. The van der Waals surface area contributed by atoms with Crippen LogP contribution in [0.5, 0.6) is 11.5 Å². The lowest BCUT2D eigenvalue weighted by atomic mass is 10.1. The molecule has 3 rings (SSSR count). The highest BCUT2D eigenvalue weighted by Gasteiger charge is 2.25. The average molecular weight is 402 g/mol. The molecule has 1 aliphatic rings. The third kappa shape index (κ3) is 3.99. The number of carbonyl (C=O) groups is 3. The van der Waals surface area contributed by atoms with Gasteiger partial charge < -0.3 is 25.3 Å². The zero-order valence-electron chi connectivity index (χ0n) is 15.2. The number of rotatable bonds is 6. The topological polar surface area (TPSA) is 117 Å². The maximum atomic E-state index is 12.3. The van der Waals surface area contributed by atoms with E-state index < -0.39 is 17.8 Å². The maximum Gasteiger partial charge on any atom is 0.341 e. The largest absolute Gasteiger partial charge is 0.462 e. The van der Waals surface area contributed by atoms with Crippen molar-refractivity contribution in [3.63, 3.8) is 0 Å². The van der Waals surface area contributed by atoms with Crippen LogP contribution < -0.4 is 20.5 Å². The van der Waals surface area contributed by atoms with Crippen molar-refractivity contribution in [2.24, 2.45) is 5.73 Å². The van der Waals surface area contributed by atoms with Gasteiger partial charge in [0.25, 0.3) is 5.91 Å². The molecule has 0 unspecified atom stereocenters. The summed E-state index contributed by atoms with van der Waals surface area (Å²) in [6.07, 6.45) is 2.91. The summed E-state index contributed by atoms with van der Waals surface area (Å²) in [4.78, 5) is 36.3. The van der Waals surface area contributed by atoms with Crippen molar-refractivity contribution < 1.29 is 28.6 Å². The number of nitrogens with two attached hydrogens (primary N) is 1. The molecule has 0 saturated heterocycles. The SMILES string of the molecule is CCOC(=O)c1c(NC(=O)C=Cc2ccc3c(c2)OCO3)sc(C(N)=O)c1C. The number of esters is 1. The van der Waals surface area contributed by atoms with Gasteiger partial charge in [0.15, 0.2) is 11.5 Å². The van der Waals surface area contributed by atoms with E-state index in [0.29, 0.717) is 17.1 Å². The number of benzene rings is 1. The van der Waals surface area contributed by atoms with E-state index in [9.17, 15) is 14.4 Å². The first-order valence-electron chi connectivity index (χ1n) is 8.39. The number of fused-ring (bicyclic) bond motifs is 1. The van der Waals surface area contributed by atoms with Crippen LogP contribution in [-0.4, -0.2) is 31.2 Å². The smallest absolute Gasteiger partial charge is 0.341 e. The Morgan fingerprint density at radius 2 is 2.04 bits per heavy atom. The molecule has 28 heavy (non-hydrogen) atoms. The Balaban J connectivity index is 1.80. The second kappa shape index (κ2) is 8.13. The van der Waals surface area contributed by atoms with Gasteiger partial charge in [0.1, 0.15) is 5.00 Å². The molecule has 146 valence electrons. The highest BCUT2D eigenvalue weighted by molar-refractivity contribution is 7.18. The molecule has 0 spiro atoms. The molecule has 0 atom stereocenters. The quantitative estimate of drug-likeness (QED) is 0.567. The number of ether oxygens (including phenoxy) is 3. The summed E-state index contributed by atoms with van der Waals surface area (Å²) in [5, 5.41) is 2.83. The maximum absolute atomic E-state index is 12.3. The Morgan fingerprint density at radius 1 is 1.29 bits per heavy atom. The molecule has 0 bridgehead atoms. The highest BCUT2D eigenvalue weighted by Crippen LogP contribution is 2.34. The van der Waals surface area contributed by atoms with Crippen molar-refractivity contribution in [3.8, 4) is 11.5 Å². The fraction of sp³-hybridized carbons (Fsp3) is 0.211. The van der Waals surface area contributed by atoms with Crippen molar-refractivity contribution in [2.75, 3.05) is 18.7 Å². The first-order valence-corrected chi connectivity index (χ1v) is 9.21. The van der Waals surface area contributed by atoms with Gasteiger partial charge in [-0.05, 0) is 43.2 Å². The van der Waals surface area contributed by atoms with Crippen molar-refractivity contribution in [1.82, 2.24) is 0 Å². The summed E-state index contributed by atoms with van der Waals surface area (Å²) in [5.41, 5.74) is 6.60. The zero-order valence-corrected chi connectivity index (χ0v) is 16.1. The lowest BCUT2D eigenvalue weighted by Crippen LogP contribution is -2.13. The minimum Gasteiger partial charge on any atom is -0.462 e. The summed E-state index contributed by atoms with van der Waals surface area (Å²) in [5.74, 6) is -0.524. The summed E-state index contributed by atoms with van der Waals surface area (Å²) >= 11 is 0.937. The minimum absolute atomic E-state index is 0.130. The molecule has 1 aromatic carbocycles. The van der Waals surface area contributed by atoms with E-state index in [-0.39, 0.29) is 28.8 Å². The summed E-state index contributed by atoms with van der Waals surface area (Å²) in [6.45, 7) is 3.58. The van der Waals surface area contributed by atoms with Crippen LogP contribution >= 0.6 is 11.3 Å². The third-order valence-electron chi connectivity index (χ3n) is 3.91. The van der Waals surface area contributed by atoms with Gasteiger partial charge in [-0.25, -0.2) is 4.79 Å². The Bertz CT molecular complexity index is 979. The van der Waals surface area contributed by atoms with E-state index in [1.807, 2.05) is 0 Å². The van der Waals surface area contributed by atoms with E-state index in [1.54, 1.807) is 38.1 Å². The highest BCUT2D eigenvalue weighted by atomic mass is 32.1. The molecule has 0 radical (unpaired) electrons. The monoisotopic (exact) mass is 402 g/mol. The first-order chi connectivity index (χ1) is 13.4. The molecule has 9 heteroatoms. The number of primary amides is 1. The molecule has 1 aliphatic heterocycles. The lowest BCUT2D eigenvalue weighted by Gasteiger charge is -2.05. The van der Waals surface area contributed by atoms with Gasteiger partial charge in [-0.2, -0.15) is 0 Å². The average Bonchev–Trinajstić information content (AvgIpc) is 3.24. The van der Waals surface area contributed by atoms with Gasteiger partial charge in [0, 0.05) is 6.08 Å². The van der Waals surface area contributed by atoms with E-state index in [2.05, 4.69) is 5.32 Å². The van der Waals surface area contributed by atoms with Gasteiger partial charge in [-0.3, -0.25) is 9.59 Å². The Kier molecular flexibility index (Phi) is 5.65. The third-order valence-corrected chi connectivity index (χ3v) is 5.13. The molecule has 3 N–H and O–H groups in total. The van der Waals surface area contributed by atoms with Gasteiger partial charge in [0.2, 0.25) is 12.7 Å². The number of hydrogen-bond acceptors (Lipinski definition) is 7. The molecule has 2 heterocycles. The van der Waals surface area contributed by atoms with E-state index >= 15 is 0 Å². The molecule has 0 aliphatic carbocycles. The number of nitrogens with one attached hydrogen (secondary N) is 1. The summed E-state index contributed by atoms with van der Waals surface area (Å²) < 4.78 is 15.6. The fourth-order valence-electron chi connectivity index (χ4n) is 2.63. The standard InChI is InChI=1S/C19H18N2O6S/c1-3-25-19(24)15-10(2)16(17(20)23)28-18(15)21-14(22)7-5-11-4-6-12-13(8-11)27-9-26-12/h4-8H,3,9H2,1-2H3,(H2,20,23)(H,21,22). The Morgan fingerprint density at radius 3 is 2.75 bits per heavy atom. The van der Waals surface area contributed by atoms with Crippen molar-refractivity contribution in [1.29, 1.82) is 0 Å². The van der Waals surface area contributed by atoms with E-state index in [0.717, 1.165) is 16.9 Å². The van der Waals surface area contributed by atoms with Crippen LogP contribution in [0.1, 0.15) is 38.1 Å². The van der Waals surface area contributed by atoms with E-state index in [1.165, 1.54) is 6.08 Å². The molecule has 2 amide bonds. The van der Waals surface area contributed by atoms with Crippen LogP contribution in [0.15, 0.2) is 24.3 Å². The number of amides is 2. The molecule has 8 nitrogen and oxygen atoms in total. The van der Waals surface area contributed by atoms with Gasteiger partial charge in [-0.1, -0.05) is 6.07 Å². The molecule has 2 aromatic rings. The number of hydrogen-bond donors (Lipinski definition) is 2. The van der Waals surface area contributed by atoms with Gasteiger partial charge in [0.05, 0.1) is 17.0 Å². The number of carbonyl (C=O) groups excluding carboxylic acids is 3. The van der Waals surface area contributed by atoms with Crippen LogP contribution in [0, 0.1) is 6.92 Å². The van der Waals surface area contributed by atoms with Crippen LogP contribution in [0.2, 0.25) is 0 Å². The second-order valence-electron chi connectivity index (χ2n) is 5.78. The predicted octanol–water partition coefficient (Wildman–Crippen LogP) is 2.71. The predicted molar refractivity (Wildman–Crippen MR) is 104 cm³/mol. The lowest BCUT2D eigenvalue weighted by molar-refractivity contribution is -0.111. The van der Waals surface area contributed by atoms with Gasteiger partial charge in [-0.15, -0.1) is 11.3 Å². The number of thiophene rings is 1. The van der Waals surface area contributed by atoms with Crippen molar-refractivity contribution in [3.05, 3.63) is 45.8 Å². The van der Waals surface area contributed by atoms with Crippen LogP contribution in [0.4, 0.5) is 5.00 Å². The fourth-order valence-corrected chi connectivity index (χ4v) is 3.68.